The summed E-state index contributed by atoms with van der Waals surface area (Å²) in [6.45, 7) is 4.50. The van der Waals surface area contributed by atoms with Crippen molar-refractivity contribution < 1.29 is 4.79 Å². The molecular weight excluding hydrogens is 206 g/mol. The van der Waals surface area contributed by atoms with Gasteiger partial charge >= 0.3 is 0 Å². The highest BCUT2D eigenvalue weighted by Gasteiger charge is 2.21. The SMILES string of the molecule is CN(C/C=C/C(=O)C(C)(C)S)C1CCC1. The Labute approximate surface area is 98.1 Å². The molecule has 0 amide bonds. The van der Waals surface area contributed by atoms with Crippen molar-refractivity contribution in [3.8, 4) is 0 Å². The minimum atomic E-state index is -0.550. The summed E-state index contributed by atoms with van der Waals surface area (Å²) in [7, 11) is 2.12. The van der Waals surface area contributed by atoms with Crippen molar-refractivity contribution in [1.82, 2.24) is 4.90 Å². The van der Waals surface area contributed by atoms with Crippen LogP contribution in [0.25, 0.3) is 0 Å². The van der Waals surface area contributed by atoms with E-state index in [9.17, 15) is 4.79 Å². The van der Waals surface area contributed by atoms with Gasteiger partial charge in [-0.3, -0.25) is 9.69 Å². The molecule has 86 valence electrons. The molecule has 0 radical (unpaired) electrons. The third-order valence-electron chi connectivity index (χ3n) is 2.96. The van der Waals surface area contributed by atoms with Gasteiger partial charge in [0.2, 0.25) is 0 Å². The first-order chi connectivity index (χ1) is 6.91. The molecule has 15 heavy (non-hydrogen) atoms. The van der Waals surface area contributed by atoms with Gasteiger partial charge in [-0.1, -0.05) is 12.5 Å². The van der Waals surface area contributed by atoms with Crippen LogP contribution in [0.15, 0.2) is 12.2 Å². The number of thiol groups is 1. The van der Waals surface area contributed by atoms with E-state index in [1.165, 1.54) is 19.3 Å². The first-order valence-corrected chi connectivity index (χ1v) is 5.99. The summed E-state index contributed by atoms with van der Waals surface area (Å²) >= 11 is 4.23. The molecule has 0 aromatic heterocycles. The minimum Gasteiger partial charge on any atom is -0.300 e. The third-order valence-corrected chi connectivity index (χ3v) is 3.18. The smallest absolute Gasteiger partial charge is 0.170 e. The number of carbonyl (C=O) groups excluding carboxylic acids is 1. The van der Waals surface area contributed by atoms with Gasteiger partial charge in [0.25, 0.3) is 0 Å². The molecule has 1 aliphatic carbocycles. The van der Waals surface area contributed by atoms with Crippen molar-refractivity contribution in [3.05, 3.63) is 12.2 Å². The number of rotatable bonds is 5. The maximum absolute atomic E-state index is 11.5. The summed E-state index contributed by atoms with van der Waals surface area (Å²) in [6, 6.07) is 0.730. The molecule has 0 bridgehead atoms. The number of ketones is 1. The zero-order valence-electron chi connectivity index (χ0n) is 9.86. The van der Waals surface area contributed by atoms with E-state index in [1.807, 2.05) is 19.9 Å². The number of hydrogen-bond donors (Lipinski definition) is 1. The van der Waals surface area contributed by atoms with E-state index in [2.05, 4.69) is 24.6 Å². The van der Waals surface area contributed by atoms with E-state index >= 15 is 0 Å². The molecule has 0 aliphatic heterocycles. The Morgan fingerprint density at radius 2 is 2.13 bits per heavy atom. The van der Waals surface area contributed by atoms with E-state index in [0.29, 0.717) is 0 Å². The Morgan fingerprint density at radius 3 is 2.53 bits per heavy atom. The van der Waals surface area contributed by atoms with Crippen molar-refractivity contribution in [2.45, 2.75) is 43.9 Å². The van der Waals surface area contributed by atoms with Crippen LogP contribution >= 0.6 is 12.6 Å². The number of likely N-dealkylation sites (N-methyl/N-ethyl adjacent to an activating group) is 1. The Morgan fingerprint density at radius 1 is 1.53 bits per heavy atom. The van der Waals surface area contributed by atoms with Gasteiger partial charge in [-0.2, -0.15) is 12.6 Å². The standard InChI is InChI=1S/C12H21NOS/c1-12(2,15)11(14)8-5-9-13(3)10-6-4-7-10/h5,8,10,15H,4,6-7,9H2,1-3H3/b8-5+. The highest BCUT2D eigenvalue weighted by Crippen LogP contribution is 2.23. The largest absolute Gasteiger partial charge is 0.300 e. The van der Waals surface area contributed by atoms with Crippen molar-refractivity contribution >= 4 is 18.4 Å². The first kappa shape index (κ1) is 12.8. The second kappa shape index (κ2) is 5.17. The molecule has 1 saturated carbocycles. The maximum atomic E-state index is 11.5. The van der Waals surface area contributed by atoms with Gasteiger partial charge in [0.05, 0.1) is 4.75 Å². The normalized spacial score (nSPS) is 18.5. The zero-order chi connectivity index (χ0) is 11.5. The summed E-state index contributed by atoms with van der Waals surface area (Å²) in [6.07, 6.45) is 7.55. The van der Waals surface area contributed by atoms with Crippen molar-refractivity contribution in [2.24, 2.45) is 0 Å². The van der Waals surface area contributed by atoms with Crippen LogP contribution in [0, 0.1) is 0 Å². The molecule has 0 atom stereocenters. The van der Waals surface area contributed by atoms with E-state index in [4.69, 9.17) is 0 Å². The second-order valence-electron chi connectivity index (χ2n) is 4.85. The van der Waals surface area contributed by atoms with Gasteiger partial charge in [-0.15, -0.1) is 0 Å². The van der Waals surface area contributed by atoms with Gasteiger partial charge in [-0.05, 0) is 39.8 Å². The predicted octanol–water partition coefficient (Wildman–Crippen LogP) is 2.30. The van der Waals surface area contributed by atoms with Crippen LogP contribution in [0.1, 0.15) is 33.1 Å². The van der Waals surface area contributed by atoms with Crippen LogP contribution in [-0.4, -0.2) is 35.1 Å². The number of hydrogen-bond acceptors (Lipinski definition) is 3. The zero-order valence-corrected chi connectivity index (χ0v) is 10.8. The van der Waals surface area contributed by atoms with Gasteiger partial charge in [0.1, 0.15) is 0 Å². The summed E-state index contributed by atoms with van der Waals surface area (Å²) in [5.41, 5.74) is 0. The highest BCUT2D eigenvalue weighted by molar-refractivity contribution is 7.82. The molecule has 0 spiro atoms. The van der Waals surface area contributed by atoms with Crippen molar-refractivity contribution in [3.63, 3.8) is 0 Å². The Kier molecular flexibility index (Phi) is 4.41. The van der Waals surface area contributed by atoms with Crippen molar-refractivity contribution in [1.29, 1.82) is 0 Å². The van der Waals surface area contributed by atoms with E-state index in [-0.39, 0.29) is 5.78 Å². The van der Waals surface area contributed by atoms with Gasteiger partial charge < -0.3 is 0 Å². The first-order valence-electron chi connectivity index (χ1n) is 5.55. The van der Waals surface area contributed by atoms with Crippen LogP contribution in [0.3, 0.4) is 0 Å². The fraction of sp³-hybridized carbons (Fsp3) is 0.750. The maximum Gasteiger partial charge on any atom is 0.170 e. The highest BCUT2D eigenvalue weighted by atomic mass is 32.1. The lowest BCUT2D eigenvalue weighted by Crippen LogP contribution is -2.37. The Bertz CT molecular complexity index is 251. The summed E-state index contributed by atoms with van der Waals surface area (Å²) in [5.74, 6) is 0.0767. The van der Waals surface area contributed by atoms with E-state index < -0.39 is 4.75 Å². The average molecular weight is 227 g/mol. The predicted molar refractivity (Wildman–Crippen MR) is 67.5 cm³/mol. The van der Waals surface area contributed by atoms with Gasteiger partial charge in [-0.25, -0.2) is 0 Å². The molecule has 2 nitrogen and oxygen atoms in total. The third kappa shape index (κ3) is 3.99. The quantitative estimate of drug-likeness (QED) is 0.574. The van der Waals surface area contributed by atoms with Crippen LogP contribution in [0.2, 0.25) is 0 Å². The molecule has 0 heterocycles. The monoisotopic (exact) mass is 227 g/mol. The lowest BCUT2D eigenvalue weighted by atomic mass is 9.92. The number of nitrogens with zero attached hydrogens (tertiary/aromatic N) is 1. The summed E-state index contributed by atoms with van der Waals surface area (Å²) in [5, 5.41) is 0. The fourth-order valence-electron chi connectivity index (χ4n) is 1.51. The molecule has 1 rings (SSSR count). The molecule has 0 aromatic rings. The Balaban J connectivity index is 2.29. The molecule has 0 saturated heterocycles. The topological polar surface area (TPSA) is 20.3 Å². The summed E-state index contributed by atoms with van der Waals surface area (Å²) < 4.78 is -0.550. The van der Waals surface area contributed by atoms with Crippen LogP contribution in [-0.2, 0) is 4.79 Å². The van der Waals surface area contributed by atoms with Crippen LogP contribution < -0.4 is 0 Å². The molecule has 3 heteroatoms. The molecular formula is C12H21NOS. The number of carbonyl (C=O) groups is 1. The minimum absolute atomic E-state index is 0.0767. The van der Waals surface area contributed by atoms with E-state index in [1.54, 1.807) is 6.08 Å². The number of allylic oxidation sites excluding steroid dienone is 1. The van der Waals surface area contributed by atoms with Crippen molar-refractivity contribution in [2.75, 3.05) is 13.6 Å². The molecule has 0 aromatic carbocycles. The van der Waals surface area contributed by atoms with Gasteiger partial charge in [0.15, 0.2) is 5.78 Å². The van der Waals surface area contributed by atoms with E-state index in [0.717, 1.165) is 12.6 Å². The van der Waals surface area contributed by atoms with Crippen LogP contribution in [0.5, 0.6) is 0 Å². The van der Waals surface area contributed by atoms with Gasteiger partial charge in [0, 0.05) is 12.6 Å². The molecule has 1 aliphatic rings. The lowest BCUT2D eigenvalue weighted by molar-refractivity contribution is -0.116. The second-order valence-corrected chi connectivity index (χ2v) is 5.97. The average Bonchev–Trinajstić information content (AvgIpc) is 1.98. The molecule has 0 N–H and O–H groups in total. The summed E-state index contributed by atoms with van der Waals surface area (Å²) in [4.78, 5) is 13.8. The fourth-order valence-corrected chi connectivity index (χ4v) is 1.58. The molecule has 1 fully saturated rings. The lowest BCUT2D eigenvalue weighted by Gasteiger charge is -2.33. The Hall–Kier alpha value is -0.280. The van der Waals surface area contributed by atoms with Crippen LogP contribution in [0.4, 0.5) is 0 Å². The molecule has 0 unspecified atom stereocenters.